The summed E-state index contributed by atoms with van der Waals surface area (Å²) in [6.07, 6.45) is 9.25. The minimum atomic E-state index is 0.295. The van der Waals surface area contributed by atoms with Crippen LogP contribution in [0, 0.1) is 5.92 Å². The van der Waals surface area contributed by atoms with Gasteiger partial charge in [0.25, 0.3) is 0 Å². The number of amides is 1. The topological polar surface area (TPSA) is 45.2 Å². The minimum absolute atomic E-state index is 0.295. The number of likely N-dealkylation sites (tertiary alicyclic amines) is 1. The molecule has 0 bridgehead atoms. The number of rotatable bonds is 4. The molecule has 2 fully saturated rings. The Morgan fingerprint density at radius 1 is 1.20 bits per heavy atom. The second-order valence-corrected chi connectivity index (χ2v) is 6.04. The quantitative estimate of drug-likeness (QED) is 0.912. The van der Waals surface area contributed by atoms with Crippen molar-refractivity contribution in [2.45, 2.75) is 44.7 Å². The molecule has 1 aromatic rings. The maximum atomic E-state index is 11.9. The van der Waals surface area contributed by atoms with Crippen LogP contribution < -0.4 is 5.32 Å². The monoisotopic (exact) mass is 273 g/mol. The fraction of sp³-hybridized carbons (Fsp3) is 0.625. The van der Waals surface area contributed by atoms with Gasteiger partial charge >= 0.3 is 0 Å². The fourth-order valence-corrected chi connectivity index (χ4v) is 2.97. The molecule has 2 heterocycles. The van der Waals surface area contributed by atoms with E-state index in [1.165, 1.54) is 12.0 Å². The van der Waals surface area contributed by atoms with Crippen molar-refractivity contribution in [1.29, 1.82) is 0 Å². The molecule has 108 valence electrons. The number of aromatic nitrogens is 1. The fourth-order valence-electron chi connectivity index (χ4n) is 2.97. The Bertz CT molecular complexity index is 436. The number of carbonyl (C=O) groups excluding carboxylic acids is 1. The molecule has 20 heavy (non-hydrogen) atoms. The number of nitrogens with one attached hydrogen (secondary N) is 1. The van der Waals surface area contributed by atoms with Crippen molar-refractivity contribution >= 4 is 5.91 Å². The Morgan fingerprint density at radius 3 is 2.50 bits per heavy atom. The van der Waals surface area contributed by atoms with Crippen molar-refractivity contribution in [2.75, 3.05) is 13.1 Å². The maximum Gasteiger partial charge on any atom is 0.223 e. The van der Waals surface area contributed by atoms with Crippen LogP contribution in [0.1, 0.15) is 37.7 Å². The molecule has 1 saturated carbocycles. The van der Waals surface area contributed by atoms with E-state index in [-0.39, 0.29) is 0 Å². The zero-order valence-electron chi connectivity index (χ0n) is 11.9. The Hall–Kier alpha value is -1.42. The number of piperidine rings is 1. The van der Waals surface area contributed by atoms with Crippen molar-refractivity contribution in [3.8, 4) is 0 Å². The van der Waals surface area contributed by atoms with Gasteiger partial charge in [-0.15, -0.1) is 0 Å². The zero-order valence-corrected chi connectivity index (χ0v) is 11.9. The number of carbonyl (C=O) groups is 1. The van der Waals surface area contributed by atoms with Gasteiger partial charge in [-0.3, -0.25) is 14.7 Å². The Labute approximate surface area is 120 Å². The van der Waals surface area contributed by atoms with Crippen molar-refractivity contribution in [3.63, 3.8) is 0 Å². The first-order valence-corrected chi connectivity index (χ1v) is 7.73. The number of hydrogen-bond acceptors (Lipinski definition) is 3. The molecular formula is C16H23N3O. The first kappa shape index (κ1) is 13.6. The van der Waals surface area contributed by atoms with Crippen LogP contribution in [0.25, 0.3) is 0 Å². The lowest BCUT2D eigenvalue weighted by Crippen LogP contribution is -2.47. The van der Waals surface area contributed by atoms with Crippen molar-refractivity contribution < 1.29 is 4.79 Å². The summed E-state index contributed by atoms with van der Waals surface area (Å²) in [6, 6.07) is 4.53. The smallest absolute Gasteiger partial charge is 0.223 e. The van der Waals surface area contributed by atoms with Crippen LogP contribution in [0.4, 0.5) is 0 Å². The molecule has 0 aromatic carbocycles. The third-order valence-corrected chi connectivity index (χ3v) is 4.57. The lowest BCUT2D eigenvalue weighted by Gasteiger charge is -2.34. The van der Waals surface area contributed by atoms with Gasteiger partial charge in [0, 0.05) is 44.0 Å². The summed E-state index contributed by atoms with van der Waals surface area (Å²) < 4.78 is 0. The van der Waals surface area contributed by atoms with E-state index in [2.05, 4.69) is 27.3 Å². The molecule has 0 radical (unpaired) electrons. The van der Waals surface area contributed by atoms with E-state index < -0.39 is 0 Å². The summed E-state index contributed by atoms with van der Waals surface area (Å²) in [7, 11) is 0. The summed E-state index contributed by atoms with van der Waals surface area (Å²) in [6.45, 7) is 3.13. The van der Waals surface area contributed by atoms with Gasteiger partial charge in [0.2, 0.25) is 5.91 Å². The molecule has 1 saturated heterocycles. The highest BCUT2D eigenvalue weighted by Crippen LogP contribution is 2.26. The van der Waals surface area contributed by atoms with Crippen molar-refractivity contribution in [1.82, 2.24) is 15.2 Å². The normalized spacial score (nSPS) is 21.4. The molecule has 4 nitrogen and oxygen atoms in total. The average molecular weight is 273 g/mol. The zero-order chi connectivity index (χ0) is 13.8. The maximum absolute atomic E-state index is 11.9. The lowest BCUT2D eigenvalue weighted by atomic mass is 9.84. The first-order valence-electron chi connectivity index (χ1n) is 7.73. The first-order chi connectivity index (χ1) is 9.81. The average Bonchev–Trinajstić information content (AvgIpc) is 2.40. The van der Waals surface area contributed by atoms with Crippen LogP contribution >= 0.6 is 0 Å². The van der Waals surface area contributed by atoms with Crippen LogP contribution in [0.5, 0.6) is 0 Å². The summed E-state index contributed by atoms with van der Waals surface area (Å²) in [5.74, 6) is 0.605. The van der Waals surface area contributed by atoms with Gasteiger partial charge in [0.15, 0.2) is 0 Å². The van der Waals surface area contributed by atoms with Crippen molar-refractivity contribution in [2.24, 2.45) is 5.92 Å². The second kappa shape index (κ2) is 6.35. The van der Waals surface area contributed by atoms with E-state index in [4.69, 9.17) is 0 Å². The molecule has 3 rings (SSSR count). The van der Waals surface area contributed by atoms with Crippen LogP contribution in [0.15, 0.2) is 24.5 Å². The van der Waals surface area contributed by atoms with Gasteiger partial charge in [-0.1, -0.05) is 6.42 Å². The Morgan fingerprint density at radius 2 is 1.90 bits per heavy atom. The highest BCUT2D eigenvalue weighted by molar-refractivity contribution is 5.79. The summed E-state index contributed by atoms with van der Waals surface area (Å²) in [5, 5.41) is 3.23. The van der Waals surface area contributed by atoms with Gasteiger partial charge in [0.1, 0.15) is 0 Å². The number of nitrogens with zero attached hydrogens (tertiary/aromatic N) is 2. The summed E-state index contributed by atoms with van der Waals surface area (Å²) in [4.78, 5) is 18.4. The van der Waals surface area contributed by atoms with E-state index in [1.54, 1.807) is 0 Å². The number of hydrogen-bond donors (Lipinski definition) is 1. The second-order valence-electron chi connectivity index (χ2n) is 6.04. The van der Waals surface area contributed by atoms with Crippen LogP contribution in [0.3, 0.4) is 0 Å². The van der Waals surface area contributed by atoms with Gasteiger partial charge in [-0.25, -0.2) is 0 Å². The van der Waals surface area contributed by atoms with Crippen LogP contribution in [0.2, 0.25) is 0 Å². The predicted molar refractivity (Wildman–Crippen MR) is 78.0 cm³/mol. The van der Waals surface area contributed by atoms with Crippen molar-refractivity contribution in [3.05, 3.63) is 30.1 Å². The van der Waals surface area contributed by atoms with E-state index >= 15 is 0 Å². The molecule has 1 amide bonds. The Balaban J connectivity index is 1.41. The number of pyridine rings is 1. The lowest BCUT2D eigenvalue weighted by molar-refractivity contribution is -0.128. The van der Waals surface area contributed by atoms with Gasteiger partial charge in [0.05, 0.1) is 0 Å². The molecule has 1 aliphatic heterocycles. The largest absolute Gasteiger partial charge is 0.353 e. The molecule has 0 spiro atoms. The summed E-state index contributed by atoms with van der Waals surface area (Å²) in [5.41, 5.74) is 1.32. The van der Waals surface area contributed by atoms with Gasteiger partial charge in [-0.05, 0) is 43.4 Å². The SMILES string of the molecule is O=C(NC1CCN(Cc2ccncc2)CC1)C1CCC1. The minimum Gasteiger partial charge on any atom is -0.353 e. The molecular weight excluding hydrogens is 250 g/mol. The molecule has 0 unspecified atom stereocenters. The standard InChI is InChI=1S/C16H23N3O/c20-16(14-2-1-3-14)18-15-6-10-19(11-7-15)12-13-4-8-17-9-5-13/h4-5,8-9,14-15H,1-3,6-7,10-12H2,(H,18,20). The third kappa shape index (κ3) is 3.37. The predicted octanol–water partition coefficient (Wildman–Crippen LogP) is 1.96. The van der Waals surface area contributed by atoms with E-state index in [1.807, 2.05) is 12.4 Å². The van der Waals surface area contributed by atoms with E-state index in [9.17, 15) is 4.79 Å². The highest BCUT2D eigenvalue weighted by atomic mass is 16.2. The third-order valence-electron chi connectivity index (χ3n) is 4.57. The summed E-state index contributed by atoms with van der Waals surface area (Å²) >= 11 is 0. The van der Waals surface area contributed by atoms with E-state index in [0.717, 1.165) is 45.3 Å². The Kier molecular flexibility index (Phi) is 4.31. The molecule has 1 aromatic heterocycles. The van der Waals surface area contributed by atoms with Gasteiger partial charge < -0.3 is 5.32 Å². The van der Waals surface area contributed by atoms with E-state index in [0.29, 0.717) is 17.9 Å². The molecule has 2 aliphatic rings. The molecule has 4 heteroatoms. The van der Waals surface area contributed by atoms with Gasteiger partial charge in [-0.2, -0.15) is 0 Å². The molecule has 1 aliphatic carbocycles. The highest BCUT2D eigenvalue weighted by Gasteiger charge is 2.28. The van der Waals surface area contributed by atoms with Crippen LogP contribution in [-0.2, 0) is 11.3 Å². The molecule has 1 N–H and O–H groups in total. The van der Waals surface area contributed by atoms with Crippen LogP contribution in [-0.4, -0.2) is 34.9 Å². The molecule has 0 atom stereocenters.